The molecule has 1 aromatic rings. The number of halogens is 1. The van der Waals surface area contributed by atoms with Crippen LogP contribution in [0.3, 0.4) is 0 Å². The molecule has 0 heterocycles. The smallest absolute Gasteiger partial charge is 0.270 e. The monoisotopic (exact) mass is 328 g/mol. The lowest BCUT2D eigenvalue weighted by Gasteiger charge is -2.18. The van der Waals surface area contributed by atoms with Crippen LogP contribution in [0.15, 0.2) is 24.3 Å². The summed E-state index contributed by atoms with van der Waals surface area (Å²) in [7, 11) is 0. The first-order chi connectivity index (χ1) is 8.93. The van der Waals surface area contributed by atoms with Crippen molar-refractivity contribution < 1.29 is 9.72 Å². The largest absolute Gasteiger partial charge is 0.348 e. The van der Waals surface area contributed by atoms with Gasteiger partial charge in [0.25, 0.3) is 11.6 Å². The number of nitro groups is 1. The van der Waals surface area contributed by atoms with E-state index in [4.69, 9.17) is 0 Å². The maximum Gasteiger partial charge on any atom is 0.270 e. The van der Waals surface area contributed by atoms with Crippen molar-refractivity contribution in [1.29, 1.82) is 0 Å². The van der Waals surface area contributed by atoms with E-state index >= 15 is 0 Å². The number of benzene rings is 1. The Labute approximate surface area is 120 Å². The summed E-state index contributed by atoms with van der Waals surface area (Å²) in [4.78, 5) is 22.2. The molecule has 1 rings (SSSR count). The van der Waals surface area contributed by atoms with E-state index in [0.29, 0.717) is 16.8 Å². The average Bonchev–Trinajstić information content (AvgIpc) is 2.37. The Morgan fingerprint density at radius 3 is 2.68 bits per heavy atom. The second kappa shape index (κ2) is 7.23. The van der Waals surface area contributed by atoms with Crippen LogP contribution in [-0.4, -0.2) is 22.2 Å². The van der Waals surface area contributed by atoms with E-state index in [2.05, 4.69) is 35.1 Å². The molecule has 0 radical (unpaired) electrons. The summed E-state index contributed by atoms with van der Waals surface area (Å²) in [5, 5.41) is 14.2. The van der Waals surface area contributed by atoms with Crippen LogP contribution in [0.25, 0.3) is 0 Å². The molecular weight excluding hydrogens is 312 g/mol. The third-order valence-corrected chi connectivity index (χ3v) is 3.38. The predicted octanol–water partition coefficient (Wildman–Crippen LogP) is 3.13. The number of carbonyl (C=O) groups is 1. The van der Waals surface area contributed by atoms with Gasteiger partial charge in [-0.05, 0) is 18.4 Å². The first-order valence-corrected chi connectivity index (χ1v) is 7.17. The van der Waals surface area contributed by atoms with Gasteiger partial charge in [0.1, 0.15) is 0 Å². The number of nitro benzene ring substituents is 1. The van der Waals surface area contributed by atoms with Gasteiger partial charge in [-0.15, -0.1) is 0 Å². The minimum atomic E-state index is -0.507. The highest BCUT2D eigenvalue weighted by Crippen LogP contribution is 2.14. The van der Waals surface area contributed by atoms with Crippen molar-refractivity contribution in [3.8, 4) is 0 Å². The molecule has 0 aromatic heterocycles. The predicted molar refractivity (Wildman–Crippen MR) is 77.6 cm³/mol. The average molecular weight is 329 g/mol. The van der Waals surface area contributed by atoms with E-state index in [1.165, 1.54) is 18.2 Å². The standard InChI is InChI=1S/C13H17BrN2O3/c1-9(2)6-11(8-14)15-13(17)10-4-3-5-12(7-10)16(18)19/h3-5,7,9,11H,6,8H2,1-2H3,(H,15,17). The zero-order valence-corrected chi connectivity index (χ0v) is 12.5. The van der Waals surface area contributed by atoms with Crippen LogP contribution in [0.1, 0.15) is 30.6 Å². The van der Waals surface area contributed by atoms with Crippen molar-refractivity contribution in [2.75, 3.05) is 5.33 Å². The van der Waals surface area contributed by atoms with Crippen molar-refractivity contribution >= 4 is 27.5 Å². The third-order valence-electron chi connectivity index (χ3n) is 2.60. The number of hydrogen-bond acceptors (Lipinski definition) is 3. The van der Waals surface area contributed by atoms with E-state index < -0.39 is 4.92 Å². The zero-order valence-electron chi connectivity index (χ0n) is 10.9. The fourth-order valence-electron chi connectivity index (χ4n) is 1.76. The fourth-order valence-corrected chi connectivity index (χ4v) is 2.19. The first-order valence-electron chi connectivity index (χ1n) is 6.05. The molecule has 19 heavy (non-hydrogen) atoms. The normalized spacial score (nSPS) is 12.2. The van der Waals surface area contributed by atoms with Gasteiger partial charge in [0.15, 0.2) is 0 Å². The van der Waals surface area contributed by atoms with Crippen LogP contribution in [0.4, 0.5) is 5.69 Å². The Kier molecular flexibility index (Phi) is 5.95. The van der Waals surface area contributed by atoms with E-state index in [-0.39, 0.29) is 17.6 Å². The molecule has 0 aliphatic carbocycles. The lowest BCUT2D eigenvalue weighted by Crippen LogP contribution is -2.37. The molecule has 1 aromatic carbocycles. The summed E-state index contributed by atoms with van der Waals surface area (Å²) in [6.07, 6.45) is 0.853. The Morgan fingerprint density at radius 1 is 1.47 bits per heavy atom. The second-order valence-electron chi connectivity index (χ2n) is 4.76. The van der Waals surface area contributed by atoms with Crippen molar-refractivity contribution in [2.24, 2.45) is 5.92 Å². The summed E-state index contributed by atoms with van der Waals surface area (Å²) in [5.74, 6) is 0.182. The molecule has 1 amide bonds. The van der Waals surface area contributed by atoms with Gasteiger partial charge in [0, 0.05) is 29.1 Å². The topological polar surface area (TPSA) is 72.2 Å². The number of non-ortho nitro benzene ring substituents is 1. The van der Waals surface area contributed by atoms with E-state index in [1.54, 1.807) is 6.07 Å². The van der Waals surface area contributed by atoms with Gasteiger partial charge in [0.05, 0.1) is 4.92 Å². The maximum atomic E-state index is 12.0. The molecule has 1 unspecified atom stereocenters. The number of carbonyl (C=O) groups excluding carboxylic acids is 1. The number of nitrogens with zero attached hydrogens (tertiary/aromatic N) is 1. The van der Waals surface area contributed by atoms with Gasteiger partial charge >= 0.3 is 0 Å². The molecular formula is C13H17BrN2O3. The lowest BCUT2D eigenvalue weighted by molar-refractivity contribution is -0.384. The molecule has 5 nitrogen and oxygen atoms in total. The number of amides is 1. The minimum absolute atomic E-state index is 0.0202. The van der Waals surface area contributed by atoms with Crippen molar-refractivity contribution in [3.63, 3.8) is 0 Å². The van der Waals surface area contributed by atoms with Crippen LogP contribution < -0.4 is 5.32 Å². The van der Waals surface area contributed by atoms with E-state index in [1.807, 2.05) is 0 Å². The number of rotatable bonds is 6. The van der Waals surface area contributed by atoms with E-state index in [0.717, 1.165) is 6.42 Å². The van der Waals surface area contributed by atoms with Gasteiger partial charge in [-0.3, -0.25) is 14.9 Å². The van der Waals surface area contributed by atoms with Crippen LogP contribution in [0.5, 0.6) is 0 Å². The van der Waals surface area contributed by atoms with E-state index in [9.17, 15) is 14.9 Å². The summed E-state index contributed by atoms with van der Waals surface area (Å²) in [6, 6.07) is 5.76. The highest BCUT2D eigenvalue weighted by atomic mass is 79.9. The van der Waals surface area contributed by atoms with Crippen LogP contribution in [0.2, 0.25) is 0 Å². The molecule has 0 saturated carbocycles. The molecule has 1 atom stereocenters. The van der Waals surface area contributed by atoms with Gasteiger partial charge in [0.2, 0.25) is 0 Å². The lowest BCUT2D eigenvalue weighted by atomic mass is 10.0. The fraction of sp³-hybridized carbons (Fsp3) is 0.462. The van der Waals surface area contributed by atoms with Crippen LogP contribution in [0, 0.1) is 16.0 Å². The molecule has 0 saturated heterocycles. The number of hydrogen-bond donors (Lipinski definition) is 1. The van der Waals surface area contributed by atoms with Crippen LogP contribution >= 0.6 is 15.9 Å². The third kappa shape index (κ3) is 4.98. The summed E-state index contributed by atoms with van der Waals surface area (Å²) < 4.78 is 0. The molecule has 6 heteroatoms. The minimum Gasteiger partial charge on any atom is -0.348 e. The Balaban J connectivity index is 2.77. The maximum absolute atomic E-state index is 12.0. The summed E-state index contributed by atoms with van der Waals surface area (Å²) >= 11 is 3.36. The van der Waals surface area contributed by atoms with Crippen molar-refractivity contribution in [3.05, 3.63) is 39.9 Å². The summed E-state index contributed by atoms with van der Waals surface area (Å²) in [5.41, 5.74) is 0.232. The van der Waals surface area contributed by atoms with Crippen molar-refractivity contribution in [2.45, 2.75) is 26.3 Å². The Bertz CT molecular complexity index is 463. The quantitative estimate of drug-likeness (QED) is 0.495. The Morgan fingerprint density at radius 2 is 2.16 bits per heavy atom. The molecule has 104 valence electrons. The summed E-state index contributed by atoms with van der Waals surface area (Å²) in [6.45, 7) is 4.16. The number of nitrogens with one attached hydrogen (secondary N) is 1. The highest BCUT2D eigenvalue weighted by Gasteiger charge is 2.16. The van der Waals surface area contributed by atoms with Gasteiger partial charge in [-0.1, -0.05) is 35.8 Å². The molecule has 1 N–H and O–H groups in total. The SMILES string of the molecule is CC(C)CC(CBr)NC(=O)c1cccc([N+](=O)[O-])c1. The van der Waals surface area contributed by atoms with Crippen molar-refractivity contribution in [1.82, 2.24) is 5.32 Å². The first kappa shape index (κ1) is 15.6. The van der Waals surface area contributed by atoms with Crippen LogP contribution in [-0.2, 0) is 0 Å². The second-order valence-corrected chi connectivity index (χ2v) is 5.41. The Hall–Kier alpha value is -1.43. The highest BCUT2D eigenvalue weighted by molar-refractivity contribution is 9.09. The van der Waals surface area contributed by atoms with Gasteiger partial charge < -0.3 is 5.32 Å². The molecule has 0 spiro atoms. The molecule has 0 aliphatic heterocycles. The molecule has 0 fully saturated rings. The zero-order chi connectivity index (χ0) is 14.4. The van der Waals surface area contributed by atoms with Gasteiger partial charge in [-0.2, -0.15) is 0 Å². The molecule has 0 aliphatic rings. The van der Waals surface area contributed by atoms with Gasteiger partial charge in [-0.25, -0.2) is 0 Å². The number of alkyl halides is 1. The molecule has 0 bridgehead atoms.